The molecule has 6 heteroatoms. The largest absolute Gasteiger partial charge is 0.271 e. The second-order valence-electron chi connectivity index (χ2n) is 3.89. The lowest BCUT2D eigenvalue weighted by atomic mass is 9.98. The zero-order chi connectivity index (χ0) is 14.0. The number of halogens is 4. The maximum absolute atomic E-state index is 13.8. The molecule has 0 saturated heterocycles. The van der Waals surface area contributed by atoms with Crippen LogP contribution in [0.5, 0.6) is 0 Å². The van der Waals surface area contributed by atoms with Crippen molar-refractivity contribution in [3.8, 4) is 0 Å². The molecule has 1 unspecified atom stereocenters. The van der Waals surface area contributed by atoms with Gasteiger partial charge in [0, 0.05) is 9.13 Å². The second-order valence-corrected chi connectivity index (χ2v) is 5.05. The number of hydrogen-bond donors (Lipinski definition) is 2. The maximum atomic E-state index is 13.8. The molecule has 2 aromatic rings. The van der Waals surface area contributed by atoms with Crippen LogP contribution in [0.4, 0.5) is 13.2 Å². The Morgan fingerprint density at radius 3 is 2.26 bits per heavy atom. The van der Waals surface area contributed by atoms with Crippen LogP contribution in [0, 0.1) is 21.0 Å². The smallest absolute Gasteiger partial charge is 0.194 e. The predicted octanol–water partition coefficient (Wildman–Crippen LogP) is 3.26. The summed E-state index contributed by atoms with van der Waals surface area (Å²) in [5.41, 5.74) is 3.08. The third-order valence-electron chi connectivity index (χ3n) is 2.76. The molecular weight excluding hydrogens is 368 g/mol. The first-order valence-electron chi connectivity index (χ1n) is 5.40. The Bertz CT molecular complexity index is 604. The molecule has 2 nitrogen and oxygen atoms in total. The summed E-state index contributed by atoms with van der Waals surface area (Å²) in [5.74, 6) is 1.47. The normalized spacial score (nSPS) is 12.5. The van der Waals surface area contributed by atoms with E-state index in [4.69, 9.17) is 5.84 Å². The van der Waals surface area contributed by atoms with Crippen molar-refractivity contribution in [2.75, 3.05) is 0 Å². The summed E-state index contributed by atoms with van der Waals surface area (Å²) in [5, 5.41) is 0. The summed E-state index contributed by atoms with van der Waals surface area (Å²) in [7, 11) is 0. The van der Waals surface area contributed by atoms with Gasteiger partial charge in [0.15, 0.2) is 17.5 Å². The number of benzene rings is 2. The number of hydrogen-bond acceptors (Lipinski definition) is 2. The standard InChI is InChI=1S/C13H10F3IN2/c14-9-6-5-8(11(15)12(9)16)13(19-18)7-3-1-2-4-10(7)17/h1-6,13,19H,18H2. The minimum atomic E-state index is -1.50. The van der Waals surface area contributed by atoms with Gasteiger partial charge in [-0.25, -0.2) is 18.6 Å². The molecule has 100 valence electrons. The molecule has 0 saturated carbocycles. The zero-order valence-corrected chi connectivity index (χ0v) is 11.8. The van der Waals surface area contributed by atoms with Crippen molar-refractivity contribution in [2.45, 2.75) is 6.04 Å². The highest BCUT2D eigenvalue weighted by atomic mass is 127. The molecule has 1 atom stereocenters. The van der Waals surface area contributed by atoms with Crippen LogP contribution >= 0.6 is 22.6 Å². The Morgan fingerprint density at radius 2 is 1.63 bits per heavy atom. The van der Waals surface area contributed by atoms with Gasteiger partial charge < -0.3 is 0 Å². The fourth-order valence-electron chi connectivity index (χ4n) is 1.82. The average Bonchev–Trinajstić information content (AvgIpc) is 2.41. The number of nitrogens with one attached hydrogen (secondary N) is 1. The van der Waals surface area contributed by atoms with Gasteiger partial charge in [0.05, 0.1) is 6.04 Å². The van der Waals surface area contributed by atoms with Crippen molar-refractivity contribution in [1.29, 1.82) is 0 Å². The predicted molar refractivity (Wildman–Crippen MR) is 74.6 cm³/mol. The first kappa shape index (κ1) is 14.3. The van der Waals surface area contributed by atoms with Gasteiger partial charge >= 0.3 is 0 Å². The summed E-state index contributed by atoms with van der Waals surface area (Å²) in [6, 6.07) is 8.46. The Kier molecular flexibility index (Phi) is 4.43. The molecule has 0 aromatic heterocycles. The SMILES string of the molecule is NNC(c1ccccc1I)c1ccc(F)c(F)c1F. The van der Waals surface area contributed by atoms with Gasteiger partial charge in [-0.05, 0) is 40.3 Å². The van der Waals surface area contributed by atoms with Crippen molar-refractivity contribution in [1.82, 2.24) is 5.43 Å². The van der Waals surface area contributed by atoms with Crippen LogP contribution in [0.15, 0.2) is 36.4 Å². The number of hydrazine groups is 1. The van der Waals surface area contributed by atoms with E-state index in [9.17, 15) is 13.2 Å². The Labute approximate surface area is 121 Å². The highest BCUT2D eigenvalue weighted by molar-refractivity contribution is 14.1. The molecular formula is C13H10F3IN2. The van der Waals surface area contributed by atoms with Crippen molar-refractivity contribution in [3.63, 3.8) is 0 Å². The van der Waals surface area contributed by atoms with E-state index < -0.39 is 23.5 Å². The highest BCUT2D eigenvalue weighted by Crippen LogP contribution is 2.28. The van der Waals surface area contributed by atoms with Gasteiger partial charge in [-0.3, -0.25) is 5.84 Å². The molecule has 0 spiro atoms. The lowest BCUT2D eigenvalue weighted by molar-refractivity contribution is 0.433. The molecule has 0 aliphatic heterocycles. The second kappa shape index (κ2) is 5.89. The van der Waals surface area contributed by atoms with E-state index in [1.54, 1.807) is 12.1 Å². The molecule has 0 heterocycles. The molecule has 0 radical (unpaired) electrons. The van der Waals surface area contributed by atoms with E-state index in [0.717, 1.165) is 9.64 Å². The third-order valence-corrected chi connectivity index (χ3v) is 3.74. The first-order chi connectivity index (χ1) is 9.06. The molecule has 0 bridgehead atoms. The maximum Gasteiger partial charge on any atom is 0.194 e. The number of nitrogens with two attached hydrogens (primary N) is 1. The zero-order valence-electron chi connectivity index (χ0n) is 9.63. The Morgan fingerprint density at radius 1 is 0.947 bits per heavy atom. The Hall–Kier alpha value is -1.12. The minimum absolute atomic E-state index is 0.0366. The van der Waals surface area contributed by atoms with E-state index in [0.29, 0.717) is 5.56 Å². The molecule has 2 aromatic carbocycles. The van der Waals surface area contributed by atoms with Crippen LogP contribution in [0.3, 0.4) is 0 Å². The van der Waals surface area contributed by atoms with E-state index in [1.165, 1.54) is 6.07 Å². The molecule has 0 amide bonds. The van der Waals surface area contributed by atoms with Crippen LogP contribution in [0.2, 0.25) is 0 Å². The van der Waals surface area contributed by atoms with E-state index in [1.807, 2.05) is 12.1 Å². The van der Waals surface area contributed by atoms with Crippen molar-refractivity contribution in [2.24, 2.45) is 5.84 Å². The first-order valence-corrected chi connectivity index (χ1v) is 6.48. The molecule has 0 aliphatic rings. The van der Waals surface area contributed by atoms with Gasteiger partial charge in [0.2, 0.25) is 0 Å². The van der Waals surface area contributed by atoms with Crippen LogP contribution in [0.25, 0.3) is 0 Å². The lowest BCUT2D eigenvalue weighted by Crippen LogP contribution is -2.30. The minimum Gasteiger partial charge on any atom is -0.271 e. The summed E-state index contributed by atoms with van der Waals surface area (Å²) >= 11 is 2.07. The fraction of sp³-hybridized carbons (Fsp3) is 0.0769. The average molecular weight is 378 g/mol. The summed E-state index contributed by atoms with van der Waals surface area (Å²) in [6.07, 6.45) is 0. The summed E-state index contributed by atoms with van der Waals surface area (Å²) in [6.45, 7) is 0. The molecule has 0 aliphatic carbocycles. The highest BCUT2D eigenvalue weighted by Gasteiger charge is 2.22. The van der Waals surface area contributed by atoms with Crippen LogP contribution < -0.4 is 11.3 Å². The third kappa shape index (κ3) is 2.75. The fourth-order valence-corrected chi connectivity index (χ4v) is 2.52. The van der Waals surface area contributed by atoms with Crippen molar-refractivity contribution in [3.05, 3.63) is 68.5 Å². The monoisotopic (exact) mass is 378 g/mol. The van der Waals surface area contributed by atoms with Gasteiger partial charge in [-0.15, -0.1) is 0 Å². The van der Waals surface area contributed by atoms with Gasteiger partial charge in [0.1, 0.15) is 0 Å². The molecule has 19 heavy (non-hydrogen) atoms. The lowest BCUT2D eigenvalue weighted by Gasteiger charge is -2.19. The van der Waals surface area contributed by atoms with Crippen LogP contribution in [-0.4, -0.2) is 0 Å². The van der Waals surface area contributed by atoms with E-state index in [2.05, 4.69) is 28.0 Å². The molecule has 3 N–H and O–H groups in total. The van der Waals surface area contributed by atoms with E-state index in [-0.39, 0.29) is 5.56 Å². The van der Waals surface area contributed by atoms with Gasteiger partial charge in [-0.2, -0.15) is 0 Å². The molecule has 2 rings (SSSR count). The van der Waals surface area contributed by atoms with Crippen LogP contribution in [-0.2, 0) is 0 Å². The van der Waals surface area contributed by atoms with Crippen molar-refractivity contribution < 1.29 is 13.2 Å². The summed E-state index contributed by atoms with van der Waals surface area (Å²) < 4.78 is 40.9. The quantitative estimate of drug-likeness (QED) is 0.373. The van der Waals surface area contributed by atoms with Gasteiger partial charge in [0.25, 0.3) is 0 Å². The number of rotatable bonds is 3. The topological polar surface area (TPSA) is 38.0 Å². The van der Waals surface area contributed by atoms with Gasteiger partial charge in [-0.1, -0.05) is 24.3 Å². The van der Waals surface area contributed by atoms with E-state index >= 15 is 0 Å². The Balaban J connectivity index is 2.55. The summed E-state index contributed by atoms with van der Waals surface area (Å²) in [4.78, 5) is 0. The van der Waals surface area contributed by atoms with Crippen molar-refractivity contribution >= 4 is 22.6 Å². The van der Waals surface area contributed by atoms with Crippen LogP contribution in [0.1, 0.15) is 17.2 Å². The molecule has 0 fully saturated rings.